The molecule has 2 rings (SSSR count). The molecule has 6 heteroatoms. The molecule has 1 aliphatic rings. The molecule has 0 unspecified atom stereocenters. The number of benzene rings is 1. The van der Waals surface area contributed by atoms with Crippen LogP contribution in [0.1, 0.15) is 19.3 Å². The highest BCUT2D eigenvalue weighted by Gasteiger charge is 2.22. The molecule has 0 heterocycles. The highest BCUT2D eigenvalue weighted by atomic mass is 19.2. The normalized spacial score (nSPS) is 14.4. The van der Waals surface area contributed by atoms with E-state index in [1.165, 1.54) is 0 Å². The highest BCUT2D eigenvalue weighted by molar-refractivity contribution is 5.77. The van der Waals surface area contributed by atoms with Gasteiger partial charge in [0.05, 0.1) is 5.69 Å². The van der Waals surface area contributed by atoms with Crippen molar-refractivity contribution in [3.8, 4) is 0 Å². The zero-order valence-corrected chi connectivity index (χ0v) is 9.60. The van der Waals surface area contributed by atoms with Crippen molar-refractivity contribution in [3.05, 3.63) is 29.6 Å². The van der Waals surface area contributed by atoms with Gasteiger partial charge in [0.25, 0.3) is 0 Å². The Balaban J connectivity index is 1.83. The van der Waals surface area contributed by atoms with Crippen LogP contribution in [0, 0.1) is 17.5 Å². The van der Waals surface area contributed by atoms with E-state index in [0.29, 0.717) is 6.07 Å². The summed E-state index contributed by atoms with van der Waals surface area (Å²) >= 11 is 0. The lowest BCUT2D eigenvalue weighted by Crippen LogP contribution is -2.27. The summed E-state index contributed by atoms with van der Waals surface area (Å²) in [6.07, 6.45) is 2.11. The molecule has 0 aromatic heterocycles. The number of hydrogen-bond acceptors (Lipinski definition) is 2. The Kier molecular flexibility index (Phi) is 3.74. The molecule has 98 valence electrons. The molecular formula is C12H13F3N2O. The lowest BCUT2D eigenvalue weighted by Gasteiger charge is -2.08. The zero-order chi connectivity index (χ0) is 13.1. The first-order valence-electron chi connectivity index (χ1n) is 5.74. The number of rotatable bonds is 5. The topological polar surface area (TPSA) is 41.1 Å². The van der Waals surface area contributed by atoms with Gasteiger partial charge in [-0.2, -0.15) is 0 Å². The Morgan fingerprint density at radius 2 is 2.00 bits per heavy atom. The molecule has 18 heavy (non-hydrogen) atoms. The number of amides is 1. The van der Waals surface area contributed by atoms with Crippen molar-refractivity contribution in [3.63, 3.8) is 0 Å². The molecule has 1 aromatic rings. The molecule has 1 saturated carbocycles. The molecular weight excluding hydrogens is 245 g/mol. The Labute approximate surface area is 102 Å². The van der Waals surface area contributed by atoms with E-state index in [1.54, 1.807) is 0 Å². The smallest absolute Gasteiger partial charge is 0.221 e. The molecule has 0 saturated heterocycles. The van der Waals surface area contributed by atoms with Gasteiger partial charge < -0.3 is 10.6 Å². The lowest BCUT2D eigenvalue weighted by atomic mass is 10.2. The van der Waals surface area contributed by atoms with Crippen LogP contribution in [0.15, 0.2) is 12.1 Å². The Hall–Kier alpha value is -1.72. The van der Waals surface area contributed by atoms with Gasteiger partial charge in [0, 0.05) is 31.1 Å². The molecule has 3 nitrogen and oxygen atoms in total. The Morgan fingerprint density at radius 1 is 1.28 bits per heavy atom. The maximum Gasteiger partial charge on any atom is 0.221 e. The van der Waals surface area contributed by atoms with Crippen molar-refractivity contribution >= 4 is 11.6 Å². The van der Waals surface area contributed by atoms with Crippen LogP contribution in [0.4, 0.5) is 18.9 Å². The van der Waals surface area contributed by atoms with Crippen molar-refractivity contribution < 1.29 is 18.0 Å². The van der Waals surface area contributed by atoms with Crippen LogP contribution in [0.5, 0.6) is 0 Å². The summed E-state index contributed by atoms with van der Waals surface area (Å²) in [7, 11) is 0. The number of nitrogens with one attached hydrogen (secondary N) is 2. The minimum atomic E-state index is -1.25. The number of carbonyl (C=O) groups excluding carboxylic acids is 1. The van der Waals surface area contributed by atoms with Crippen molar-refractivity contribution in [1.82, 2.24) is 5.32 Å². The van der Waals surface area contributed by atoms with Gasteiger partial charge in [-0.3, -0.25) is 4.79 Å². The highest BCUT2D eigenvalue weighted by Crippen LogP contribution is 2.20. The molecule has 0 radical (unpaired) electrons. The fourth-order valence-corrected chi connectivity index (χ4v) is 1.52. The minimum absolute atomic E-state index is 0.123. The summed E-state index contributed by atoms with van der Waals surface area (Å²) in [5.74, 6) is -3.40. The average Bonchev–Trinajstić information content (AvgIpc) is 3.08. The summed E-state index contributed by atoms with van der Waals surface area (Å²) in [5, 5.41) is 5.26. The van der Waals surface area contributed by atoms with Crippen molar-refractivity contribution in [2.45, 2.75) is 25.3 Å². The van der Waals surface area contributed by atoms with Crippen LogP contribution in [0.3, 0.4) is 0 Å². The Morgan fingerprint density at radius 3 is 2.67 bits per heavy atom. The van der Waals surface area contributed by atoms with Crippen LogP contribution >= 0.6 is 0 Å². The first kappa shape index (κ1) is 12.7. The molecule has 0 bridgehead atoms. The third-order valence-corrected chi connectivity index (χ3v) is 2.60. The van der Waals surface area contributed by atoms with Gasteiger partial charge in [0.15, 0.2) is 11.6 Å². The van der Waals surface area contributed by atoms with Gasteiger partial charge in [-0.1, -0.05) is 0 Å². The van der Waals surface area contributed by atoms with Crippen LogP contribution in [0.2, 0.25) is 0 Å². The molecule has 1 aliphatic carbocycles. The molecule has 1 amide bonds. The van der Waals surface area contributed by atoms with Gasteiger partial charge in [-0.25, -0.2) is 13.2 Å². The van der Waals surface area contributed by atoms with Gasteiger partial charge in [-0.15, -0.1) is 0 Å². The first-order valence-corrected chi connectivity index (χ1v) is 5.74. The van der Waals surface area contributed by atoms with E-state index in [-0.39, 0.29) is 30.6 Å². The van der Waals surface area contributed by atoms with Gasteiger partial charge in [0.2, 0.25) is 5.91 Å². The fraction of sp³-hybridized carbons (Fsp3) is 0.417. The molecule has 1 fully saturated rings. The van der Waals surface area contributed by atoms with Gasteiger partial charge in [-0.05, 0) is 12.8 Å². The van der Waals surface area contributed by atoms with Crippen molar-refractivity contribution in [1.29, 1.82) is 0 Å². The van der Waals surface area contributed by atoms with Crippen molar-refractivity contribution in [2.75, 3.05) is 11.9 Å². The van der Waals surface area contributed by atoms with E-state index >= 15 is 0 Å². The van der Waals surface area contributed by atoms with Crippen LogP contribution in [-0.2, 0) is 4.79 Å². The summed E-state index contributed by atoms with van der Waals surface area (Å²) in [4.78, 5) is 11.3. The van der Waals surface area contributed by atoms with E-state index in [1.807, 2.05) is 0 Å². The van der Waals surface area contributed by atoms with E-state index < -0.39 is 17.5 Å². The third kappa shape index (κ3) is 3.38. The summed E-state index contributed by atoms with van der Waals surface area (Å²) in [5.41, 5.74) is -0.272. The summed E-state index contributed by atoms with van der Waals surface area (Å²) in [6, 6.07) is 1.60. The second kappa shape index (κ2) is 5.29. The Bertz CT molecular complexity index is 461. The molecule has 1 aromatic carbocycles. The lowest BCUT2D eigenvalue weighted by molar-refractivity contribution is -0.120. The van der Waals surface area contributed by atoms with Crippen LogP contribution in [0.25, 0.3) is 0 Å². The van der Waals surface area contributed by atoms with Gasteiger partial charge in [0.1, 0.15) is 5.82 Å². The predicted molar refractivity (Wildman–Crippen MR) is 60.6 cm³/mol. The number of hydrogen-bond donors (Lipinski definition) is 2. The maximum absolute atomic E-state index is 13.2. The fourth-order valence-electron chi connectivity index (χ4n) is 1.52. The zero-order valence-electron chi connectivity index (χ0n) is 9.60. The largest absolute Gasteiger partial charge is 0.382 e. The monoisotopic (exact) mass is 258 g/mol. The number of halogens is 3. The second-order valence-electron chi connectivity index (χ2n) is 4.27. The maximum atomic E-state index is 13.2. The molecule has 2 N–H and O–H groups in total. The quantitative estimate of drug-likeness (QED) is 0.795. The molecule has 0 spiro atoms. The van der Waals surface area contributed by atoms with E-state index in [2.05, 4.69) is 10.6 Å². The van der Waals surface area contributed by atoms with Crippen molar-refractivity contribution in [2.24, 2.45) is 0 Å². The SMILES string of the molecule is O=C(CCNc1cc(F)cc(F)c1F)NC1CC1. The second-order valence-corrected chi connectivity index (χ2v) is 4.27. The predicted octanol–water partition coefficient (Wildman–Crippen LogP) is 2.18. The average molecular weight is 258 g/mol. The van der Waals surface area contributed by atoms with Gasteiger partial charge >= 0.3 is 0 Å². The van der Waals surface area contributed by atoms with Crippen LogP contribution in [-0.4, -0.2) is 18.5 Å². The summed E-state index contributed by atoms with van der Waals surface area (Å²) < 4.78 is 38.9. The van der Waals surface area contributed by atoms with Crippen LogP contribution < -0.4 is 10.6 Å². The minimum Gasteiger partial charge on any atom is -0.382 e. The first-order chi connectivity index (χ1) is 8.56. The third-order valence-electron chi connectivity index (χ3n) is 2.60. The van der Waals surface area contributed by atoms with E-state index in [4.69, 9.17) is 0 Å². The van der Waals surface area contributed by atoms with E-state index in [0.717, 1.165) is 18.9 Å². The summed E-state index contributed by atoms with van der Waals surface area (Å²) in [6.45, 7) is 0.123. The standard InChI is InChI=1S/C12H13F3N2O/c13-7-5-9(14)12(15)10(6-7)16-4-3-11(18)17-8-1-2-8/h5-6,8,16H,1-4H2,(H,17,18). The number of anilines is 1. The van der Waals surface area contributed by atoms with E-state index in [9.17, 15) is 18.0 Å². The number of carbonyl (C=O) groups is 1. The molecule has 0 atom stereocenters. The molecule has 0 aliphatic heterocycles.